The summed E-state index contributed by atoms with van der Waals surface area (Å²) in [6.07, 6.45) is 2.02. The fourth-order valence-corrected chi connectivity index (χ4v) is 1.02. The average Bonchev–Trinajstić information content (AvgIpc) is 2.10. The third-order valence-electron chi connectivity index (χ3n) is 2.35. The van der Waals surface area contributed by atoms with Crippen molar-refractivity contribution in [3.8, 4) is 0 Å². The molecule has 0 radical (unpaired) electrons. The third kappa shape index (κ3) is 4.98. The molecule has 0 aromatic heterocycles. The summed E-state index contributed by atoms with van der Waals surface area (Å²) in [6, 6.07) is -0.437. The first-order valence-electron chi connectivity index (χ1n) is 5.30. The third-order valence-corrected chi connectivity index (χ3v) is 2.35. The van der Waals surface area contributed by atoms with Crippen molar-refractivity contribution < 1.29 is 4.79 Å². The summed E-state index contributed by atoms with van der Waals surface area (Å²) in [4.78, 5) is 13.5. The molecule has 1 amide bonds. The van der Waals surface area contributed by atoms with Crippen molar-refractivity contribution in [3.05, 3.63) is 11.6 Å². The highest BCUT2D eigenvalue weighted by molar-refractivity contribution is 5.82. The van der Waals surface area contributed by atoms with Gasteiger partial charge in [-0.1, -0.05) is 32.4 Å². The Labute approximate surface area is 93.3 Å². The van der Waals surface area contributed by atoms with Crippen molar-refractivity contribution in [2.24, 2.45) is 11.1 Å². The van der Waals surface area contributed by atoms with Crippen LogP contribution in [-0.4, -0.2) is 30.4 Å². The Morgan fingerprint density at radius 1 is 1.40 bits per heavy atom. The van der Waals surface area contributed by atoms with Crippen LogP contribution < -0.4 is 5.73 Å². The maximum absolute atomic E-state index is 11.9. The Balaban J connectivity index is 4.39. The molecule has 0 aliphatic carbocycles. The highest BCUT2D eigenvalue weighted by atomic mass is 16.2. The molecule has 0 aliphatic rings. The Morgan fingerprint density at radius 2 is 1.87 bits per heavy atom. The number of nitrogens with two attached hydrogens (primary N) is 1. The first kappa shape index (κ1) is 14.2. The van der Waals surface area contributed by atoms with Crippen molar-refractivity contribution in [3.63, 3.8) is 0 Å². The Bertz CT molecular complexity index is 247. The van der Waals surface area contributed by atoms with E-state index < -0.39 is 6.04 Å². The zero-order valence-electron chi connectivity index (χ0n) is 10.8. The molecular weight excluding hydrogens is 188 g/mol. The van der Waals surface area contributed by atoms with E-state index in [-0.39, 0.29) is 11.3 Å². The number of rotatable bonds is 3. The van der Waals surface area contributed by atoms with E-state index in [9.17, 15) is 4.79 Å². The first-order valence-corrected chi connectivity index (χ1v) is 5.30. The van der Waals surface area contributed by atoms with E-state index in [1.165, 1.54) is 5.57 Å². The minimum atomic E-state index is -0.437. The van der Waals surface area contributed by atoms with Crippen LogP contribution in [0.3, 0.4) is 0 Å². The van der Waals surface area contributed by atoms with Crippen LogP contribution in [0.2, 0.25) is 0 Å². The van der Waals surface area contributed by atoms with Crippen molar-refractivity contribution in [2.75, 3.05) is 13.6 Å². The van der Waals surface area contributed by atoms with Crippen molar-refractivity contribution in [1.82, 2.24) is 4.90 Å². The minimum absolute atomic E-state index is 0.000000000000000222. The number of hydrogen-bond acceptors (Lipinski definition) is 2. The lowest BCUT2D eigenvalue weighted by Crippen LogP contribution is -2.49. The quantitative estimate of drug-likeness (QED) is 0.725. The smallest absolute Gasteiger partial charge is 0.240 e. The van der Waals surface area contributed by atoms with Crippen LogP contribution >= 0.6 is 0 Å². The van der Waals surface area contributed by atoms with Crippen LogP contribution in [0.25, 0.3) is 0 Å². The summed E-state index contributed by atoms with van der Waals surface area (Å²) in [5.41, 5.74) is 6.91. The predicted molar refractivity (Wildman–Crippen MR) is 64.5 cm³/mol. The summed E-state index contributed by atoms with van der Waals surface area (Å²) in [6.45, 7) is 10.6. The highest BCUT2D eigenvalue weighted by Crippen LogP contribution is 2.18. The van der Waals surface area contributed by atoms with E-state index >= 15 is 0 Å². The number of nitrogens with zero attached hydrogens (tertiary/aromatic N) is 1. The summed E-state index contributed by atoms with van der Waals surface area (Å²) in [5, 5.41) is 0. The van der Waals surface area contributed by atoms with Gasteiger partial charge in [0, 0.05) is 13.6 Å². The molecular formula is C12H24N2O. The van der Waals surface area contributed by atoms with Crippen LogP contribution in [0.1, 0.15) is 34.6 Å². The second-order valence-electron chi connectivity index (χ2n) is 5.34. The number of likely N-dealkylation sites (N-methyl/N-ethyl adjacent to an activating group) is 1. The van der Waals surface area contributed by atoms with Crippen LogP contribution in [-0.2, 0) is 4.79 Å². The monoisotopic (exact) mass is 212 g/mol. The van der Waals surface area contributed by atoms with Gasteiger partial charge in [0.25, 0.3) is 0 Å². The summed E-state index contributed by atoms with van der Waals surface area (Å²) in [7, 11) is 1.79. The van der Waals surface area contributed by atoms with Gasteiger partial charge in [-0.3, -0.25) is 4.79 Å². The second-order valence-corrected chi connectivity index (χ2v) is 5.34. The molecule has 3 nitrogen and oxygen atoms in total. The number of amides is 1. The molecule has 0 rings (SSSR count). The van der Waals surface area contributed by atoms with Gasteiger partial charge < -0.3 is 10.6 Å². The van der Waals surface area contributed by atoms with E-state index in [2.05, 4.69) is 0 Å². The number of allylic oxidation sites excluding steroid dienone is 1. The van der Waals surface area contributed by atoms with Crippen LogP contribution in [0, 0.1) is 5.41 Å². The molecule has 3 heteroatoms. The number of hydrogen-bond donors (Lipinski definition) is 1. The Kier molecular flexibility index (Phi) is 5.01. The molecule has 0 aliphatic heterocycles. The predicted octanol–water partition coefficient (Wildman–Crippen LogP) is 1.78. The normalized spacial score (nSPS) is 13.3. The van der Waals surface area contributed by atoms with E-state index in [0.717, 1.165) is 0 Å². The molecule has 88 valence electrons. The SMILES string of the molecule is CC(C)=CCN(C)C(=O)C(N)C(C)(C)C. The Morgan fingerprint density at radius 3 is 2.20 bits per heavy atom. The summed E-state index contributed by atoms with van der Waals surface area (Å²) < 4.78 is 0. The van der Waals surface area contributed by atoms with Gasteiger partial charge in [-0.05, 0) is 19.3 Å². The summed E-state index contributed by atoms with van der Waals surface area (Å²) >= 11 is 0. The molecule has 0 heterocycles. The summed E-state index contributed by atoms with van der Waals surface area (Å²) in [5.74, 6) is 0.000000000000000222. The molecule has 0 aromatic rings. The lowest BCUT2D eigenvalue weighted by molar-refractivity contribution is -0.133. The topological polar surface area (TPSA) is 46.3 Å². The lowest BCUT2D eigenvalue weighted by Gasteiger charge is -2.29. The van der Waals surface area contributed by atoms with E-state index in [0.29, 0.717) is 6.54 Å². The van der Waals surface area contributed by atoms with Crippen LogP contribution in [0.5, 0.6) is 0 Å². The van der Waals surface area contributed by atoms with Gasteiger partial charge in [0.2, 0.25) is 5.91 Å². The first-order chi connectivity index (χ1) is 6.66. The molecule has 15 heavy (non-hydrogen) atoms. The van der Waals surface area contributed by atoms with Gasteiger partial charge >= 0.3 is 0 Å². The van der Waals surface area contributed by atoms with Gasteiger partial charge in [0.15, 0.2) is 0 Å². The van der Waals surface area contributed by atoms with Crippen LogP contribution in [0.4, 0.5) is 0 Å². The largest absolute Gasteiger partial charge is 0.341 e. The molecule has 0 saturated carbocycles. The molecule has 0 fully saturated rings. The lowest BCUT2D eigenvalue weighted by atomic mass is 9.86. The van der Waals surface area contributed by atoms with Gasteiger partial charge in [0.1, 0.15) is 0 Å². The van der Waals surface area contributed by atoms with Gasteiger partial charge in [0.05, 0.1) is 6.04 Å². The second kappa shape index (κ2) is 5.31. The van der Waals surface area contributed by atoms with E-state index in [1.807, 2.05) is 40.7 Å². The zero-order chi connectivity index (χ0) is 12.2. The molecule has 1 atom stereocenters. The van der Waals surface area contributed by atoms with Gasteiger partial charge in [-0.25, -0.2) is 0 Å². The maximum atomic E-state index is 11.9. The minimum Gasteiger partial charge on any atom is -0.341 e. The van der Waals surface area contributed by atoms with Gasteiger partial charge in [-0.15, -0.1) is 0 Å². The molecule has 1 unspecified atom stereocenters. The zero-order valence-corrected chi connectivity index (χ0v) is 10.8. The number of carbonyl (C=O) groups excluding carboxylic acids is 1. The maximum Gasteiger partial charge on any atom is 0.240 e. The highest BCUT2D eigenvalue weighted by Gasteiger charge is 2.29. The fourth-order valence-electron chi connectivity index (χ4n) is 1.02. The van der Waals surface area contributed by atoms with E-state index in [4.69, 9.17) is 5.73 Å². The molecule has 2 N–H and O–H groups in total. The molecule has 0 spiro atoms. The van der Waals surface area contributed by atoms with Crippen molar-refractivity contribution in [2.45, 2.75) is 40.7 Å². The van der Waals surface area contributed by atoms with Gasteiger partial charge in [-0.2, -0.15) is 0 Å². The Hall–Kier alpha value is -0.830. The van der Waals surface area contributed by atoms with Crippen molar-refractivity contribution >= 4 is 5.91 Å². The number of carbonyl (C=O) groups is 1. The standard InChI is InChI=1S/C12H24N2O/c1-9(2)7-8-14(6)11(15)10(13)12(3,4)5/h7,10H,8,13H2,1-6H3. The molecule has 0 saturated heterocycles. The van der Waals surface area contributed by atoms with Crippen molar-refractivity contribution in [1.29, 1.82) is 0 Å². The van der Waals surface area contributed by atoms with Crippen LogP contribution in [0.15, 0.2) is 11.6 Å². The molecule has 0 bridgehead atoms. The van der Waals surface area contributed by atoms with E-state index in [1.54, 1.807) is 11.9 Å². The fraction of sp³-hybridized carbons (Fsp3) is 0.750. The molecule has 0 aromatic carbocycles. The average molecular weight is 212 g/mol.